The van der Waals surface area contributed by atoms with E-state index in [1.165, 1.54) is 9.80 Å². The molecule has 6 nitrogen and oxygen atoms in total. The maximum absolute atomic E-state index is 14.2. The van der Waals surface area contributed by atoms with E-state index in [2.05, 4.69) is 0 Å². The monoisotopic (exact) mass is 542 g/mol. The smallest absolute Gasteiger partial charge is 0.238 e. The number of halogens is 2. The number of amides is 4. The first-order valence-electron chi connectivity index (χ1n) is 12.4. The number of hydrogen-bond donors (Lipinski definition) is 0. The standard InChI is InChI=1S/C30H20Cl2N2O4/c31-17-8-4-10-19(14-17)33-26(35)22-21-12-13-30(24(22)28(33)37,16-6-2-1-3-7-16)25-23(21)27(36)34(29(25)38)20-11-5-9-18(32)15-20/h1-15,21-25H/t21?,22-,23-,24+,25+,30?/m0/s1. The first kappa shape index (κ1) is 23.4. The topological polar surface area (TPSA) is 74.8 Å². The summed E-state index contributed by atoms with van der Waals surface area (Å²) >= 11 is 12.4. The highest BCUT2D eigenvalue weighted by Gasteiger charge is 2.75. The molecule has 8 heteroatoms. The lowest BCUT2D eigenvalue weighted by Crippen LogP contribution is -2.60. The number of imide groups is 2. The maximum Gasteiger partial charge on any atom is 0.238 e. The van der Waals surface area contributed by atoms with Gasteiger partial charge in [-0.25, -0.2) is 9.80 Å². The molecule has 3 aromatic rings. The molecule has 0 aromatic heterocycles. The molecule has 5 aliphatic rings. The van der Waals surface area contributed by atoms with Crippen LogP contribution in [-0.2, 0) is 24.6 Å². The lowest BCUT2D eigenvalue weighted by molar-refractivity contribution is -0.140. The van der Waals surface area contributed by atoms with E-state index in [0.717, 1.165) is 5.56 Å². The van der Waals surface area contributed by atoms with Gasteiger partial charge in [-0.15, -0.1) is 0 Å². The number of rotatable bonds is 3. The normalized spacial score (nSPS) is 31.3. The fourth-order valence-corrected chi connectivity index (χ4v) is 7.59. The molecule has 3 fully saturated rings. The van der Waals surface area contributed by atoms with E-state index in [0.29, 0.717) is 21.4 Å². The van der Waals surface area contributed by atoms with Crippen molar-refractivity contribution < 1.29 is 19.2 Å². The second-order valence-corrected chi connectivity index (χ2v) is 11.1. The van der Waals surface area contributed by atoms with Crippen LogP contribution in [0.3, 0.4) is 0 Å². The summed E-state index contributed by atoms with van der Waals surface area (Å²) in [7, 11) is 0. The lowest BCUT2D eigenvalue weighted by Gasteiger charge is -2.53. The lowest BCUT2D eigenvalue weighted by atomic mass is 9.45. The Morgan fingerprint density at radius 3 is 1.58 bits per heavy atom. The van der Waals surface area contributed by atoms with Gasteiger partial charge in [0, 0.05) is 21.4 Å². The first-order valence-corrected chi connectivity index (χ1v) is 13.1. The molecule has 3 aromatic carbocycles. The van der Waals surface area contributed by atoms with Gasteiger partial charge in [0.05, 0.1) is 35.0 Å². The highest BCUT2D eigenvalue weighted by atomic mass is 35.5. The Bertz CT molecular complexity index is 1500. The van der Waals surface area contributed by atoms with Crippen LogP contribution in [0.2, 0.25) is 10.0 Å². The van der Waals surface area contributed by atoms with E-state index in [-0.39, 0.29) is 23.6 Å². The van der Waals surface area contributed by atoms with Crippen molar-refractivity contribution in [3.63, 3.8) is 0 Å². The summed E-state index contributed by atoms with van der Waals surface area (Å²) < 4.78 is 0. The van der Waals surface area contributed by atoms with E-state index < -0.39 is 35.0 Å². The van der Waals surface area contributed by atoms with Gasteiger partial charge in [-0.2, -0.15) is 0 Å². The summed E-state index contributed by atoms with van der Waals surface area (Å²) in [6, 6.07) is 22.5. The third-order valence-corrected chi connectivity index (χ3v) is 9.03. The minimum absolute atomic E-state index is 0.378. The number of carbonyl (C=O) groups is 4. The fourth-order valence-electron chi connectivity index (χ4n) is 7.22. The Morgan fingerprint density at radius 2 is 1.11 bits per heavy atom. The highest BCUT2D eigenvalue weighted by Crippen LogP contribution is 2.65. The van der Waals surface area contributed by atoms with Crippen molar-refractivity contribution in [2.45, 2.75) is 5.41 Å². The predicted molar refractivity (Wildman–Crippen MR) is 143 cm³/mol. The van der Waals surface area contributed by atoms with E-state index >= 15 is 0 Å². The molecule has 8 rings (SSSR count). The van der Waals surface area contributed by atoms with Crippen LogP contribution in [0.1, 0.15) is 5.56 Å². The van der Waals surface area contributed by atoms with E-state index in [4.69, 9.17) is 23.2 Å². The average Bonchev–Trinajstić information content (AvgIpc) is 3.36. The summed E-state index contributed by atoms with van der Waals surface area (Å²) in [6.45, 7) is 0. The first-order chi connectivity index (χ1) is 18.3. The van der Waals surface area contributed by atoms with Crippen molar-refractivity contribution in [2.75, 3.05) is 9.80 Å². The number of benzene rings is 3. The van der Waals surface area contributed by atoms with Crippen molar-refractivity contribution in [1.82, 2.24) is 0 Å². The molecule has 3 aliphatic carbocycles. The van der Waals surface area contributed by atoms with Gasteiger partial charge >= 0.3 is 0 Å². The molecule has 38 heavy (non-hydrogen) atoms. The Kier molecular flexibility index (Phi) is 5.00. The zero-order chi connectivity index (χ0) is 26.3. The second kappa shape index (κ2) is 8.13. The Balaban J connectivity index is 1.43. The molecule has 2 bridgehead atoms. The Morgan fingerprint density at radius 1 is 0.605 bits per heavy atom. The van der Waals surface area contributed by atoms with Crippen molar-refractivity contribution in [3.8, 4) is 0 Å². The molecule has 2 heterocycles. The van der Waals surface area contributed by atoms with Crippen LogP contribution in [0.15, 0.2) is 91.0 Å². The number of carbonyl (C=O) groups excluding carboxylic acids is 4. The predicted octanol–water partition coefficient (Wildman–Crippen LogP) is 5.04. The SMILES string of the molecule is O=C1[C@H]2C3C=CC(c4ccccc4)([C@H]2C(=O)N1c1cccc(Cl)c1)[C@H]1C(=O)N(c2cccc(Cl)c2)C(=O)[C@@H]31. The van der Waals surface area contributed by atoms with Crippen LogP contribution in [0, 0.1) is 29.6 Å². The van der Waals surface area contributed by atoms with Crippen LogP contribution in [-0.4, -0.2) is 23.6 Å². The van der Waals surface area contributed by atoms with Crippen LogP contribution < -0.4 is 9.80 Å². The number of nitrogens with zero attached hydrogens (tertiary/aromatic N) is 2. The quantitative estimate of drug-likeness (QED) is 0.343. The summed E-state index contributed by atoms with van der Waals surface area (Å²) in [4.78, 5) is 58.8. The largest absolute Gasteiger partial charge is 0.274 e. The van der Waals surface area contributed by atoms with Crippen molar-refractivity contribution in [1.29, 1.82) is 0 Å². The van der Waals surface area contributed by atoms with Gasteiger partial charge < -0.3 is 0 Å². The van der Waals surface area contributed by atoms with Crippen molar-refractivity contribution in [3.05, 3.63) is 107 Å². The van der Waals surface area contributed by atoms with Crippen LogP contribution in [0.4, 0.5) is 11.4 Å². The third kappa shape index (κ3) is 2.90. The number of anilines is 2. The zero-order valence-electron chi connectivity index (χ0n) is 19.8. The molecule has 0 radical (unpaired) electrons. The fraction of sp³-hybridized carbons (Fsp3) is 0.200. The van der Waals surface area contributed by atoms with Gasteiger partial charge in [0.2, 0.25) is 23.6 Å². The van der Waals surface area contributed by atoms with Crippen LogP contribution >= 0.6 is 23.2 Å². The molecule has 188 valence electrons. The molecular weight excluding hydrogens is 523 g/mol. The van der Waals surface area contributed by atoms with Gasteiger partial charge in [-0.1, -0.05) is 77.8 Å². The average molecular weight is 543 g/mol. The maximum atomic E-state index is 14.2. The molecule has 0 N–H and O–H groups in total. The number of hydrogen-bond acceptors (Lipinski definition) is 4. The minimum atomic E-state index is -1.18. The molecule has 1 saturated carbocycles. The molecule has 0 spiro atoms. The van der Waals surface area contributed by atoms with Crippen molar-refractivity contribution >= 4 is 58.2 Å². The Labute approximate surface area is 228 Å². The van der Waals surface area contributed by atoms with Gasteiger partial charge in [0.15, 0.2) is 0 Å². The van der Waals surface area contributed by atoms with Gasteiger partial charge in [0.25, 0.3) is 0 Å². The van der Waals surface area contributed by atoms with Crippen molar-refractivity contribution in [2.24, 2.45) is 29.6 Å². The van der Waals surface area contributed by atoms with E-state index in [9.17, 15) is 19.2 Å². The van der Waals surface area contributed by atoms with E-state index in [1.54, 1.807) is 48.5 Å². The van der Waals surface area contributed by atoms with E-state index in [1.807, 2.05) is 42.5 Å². The van der Waals surface area contributed by atoms with Gasteiger partial charge in [-0.05, 0) is 42.0 Å². The number of allylic oxidation sites excluding steroid dienone is 2. The molecule has 4 amide bonds. The minimum Gasteiger partial charge on any atom is -0.274 e. The van der Waals surface area contributed by atoms with Crippen LogP contribution in [0.25, 0.3) is 0 Å². The molecule has 0 unspecified atom stereocenters. The summed E-state index contributed by atoms with van der Waals surface area (Å²) in [5.41, 5.74) is 0.314. The van der Waals surface area contributed by atoms with Gasteiger partial charge in [-0.3, -0.25) is 19.2 Å². The third-order valence-electron chi connectivity index (χ3n) is 8.56. The summed E-state index contributed by atoms with van der Waals surface area (Å²) in [5.74, 6) is -5.40. The molecule has 4 atom stereocenters. The zero-order valence-corrected chi connectivity index (χ0v) is 21.3. The molecule has 2 saturated heterocycles. The van der Waals surface area contributed by atoms with Gasteiger partial charge in [0.1, 0.15) is 0 Å². The second-order valence-electron chi connectivity index (χ2n) is 10.2. The Hall–Kier alpha value is -3.74. The van der Waals surface area contributed by atoms with Crippen LogP contribution in [0.5, 0.6) is 0 Å². The molecular formula is C30H20Cl2N2O4. The summed E-state index contributed by atoms with van der Waals surface area (Å²) in [5, 5.41) is 0.799. The molecule has 2 aliphatic heterocycles. The summed E-state index contributed by atoms with van der Waals surface area (Å²) in [6.07, 6.45) is 3.77. The highest BCUT2D eigenvalue weighted by molar-refractivity contribution is 6.32.